The van der Waals surface area contributed by atoms with Gasteiger partial charge in [0.1, 0.15) is 29.6 Å². The zero-order chi connectivity index (χ0) is 31.2. The van der Waals surface area contributed by atoms with Crippen LogP contribution in [0.15, 0.2) is 59.8 Å². The number of nitrogens with zero attached hydrogens (tertiary/aromatic N) is 2. The molecule has 1 saturated carbocycles. The number of hydrogen-bond donors (Lipinski definition) is 4. The van der Waals surface area contributed by atoms with Crippen LogP contribution in [0.2, 0.25) is 0 Å². The summed E-state index contributed by atoms with van der Waals surface area (Å²) in [5, 5.41) is 25.6. The fourth-order valence-corrected chi connectivity index (χ4v) is 6.57. The molecule has 6 rings (SSSR count). The van der Waals surface area contributed by atoms with Crippen molar-refractivity contribution in [2.75, 3.05) is 11.9 Å². The van der Waals surface area contributed by atoms with Crippen LogP contribution >= 0.6 is 0 Å². The van der Waals surface area contributed by atoms with Crippen LogP contribution in [0.3, 0.4) is 0 Å². The first kappa shape index (κ1) is 29.3. The number of para-hydroxylation sites is 1. The SMILES string of the molecule is CC1(O)CCC([C@H]2COc3cc(S(=O)(=O)NC(=O)c4ccccc4Oc4cnc5[nH]cc(F)c5c4)cc([N+](=O)[O-])c3N2)CC1. The molecule has 4 N–H and O–H groups in total. The average Bonchev–Trinajstić information content (AvgIpc) is 3.36. The van der Waals surface area contributed by atoms with E-state index in [1.165, 1.54) is 30.5 Å². The molecule has 1 aliphatic carbocycles. The van der Waals surface area contributed by atoms with Gasteiger partial charge in [-0.05, 0) is 56.7 Å². The minimum atomic E-state index is -4.62. The van der Waals surface area contributed by atoms with Crippen LogP contribution < -0.4 is 19.5 Å². The molecule has 0 unspecified atom stereocenters. The van der Waals surface area contributed by atoms with Crippen molar-refractivity contribution in [2.45, 2.75) is 49.1 Å². The molecule has 2 aromatic heterocycles. The molecule has 15 heteroatoms. The number of ether oxygens (including phenoxy) is 2. The molecular formula is C29H28FN5O8S. The lowest BCUT2D eigenvalue weighted by Crippen LogP contribution is -2.42. The van der Waals surface area contributed by atoms with E-state index in [4.69, 9.17) is 9.47 Å². The van der Waals surface area contributed by atoms with E-state index in [1.54, 1.807) is 13.0 Å². The van der Waals surface area contributed by atoms with Gasteiger partial charge in [0.2, 0.25) is 0 Å². The van der Waals surface area contributed by atoms with Gasteiger partial charge in [-0.25, -0.2) is 22.5 Å². The monoisotopic (exact) mass is 625 g/mol. The molecule has 2 aliphatic rings. The number of pyridine rings is 1. The Morgan fingerprint density at radius 3 is 2.75 bits per heavy atom. The third kappa shape index (κ3) is 5.75. The largest absolute Gasteiger partial charge is 0.489 e. The second-order valence-corrected chi connectivity index (χ2v) is 12.9. The number of nitro benzene ring substituents is 1. The van der Waals surface area contributed by atoms with Crippen molar-refractivity contribution in [3.8, 4) is 17.2 Å². The first-order valence-corrected chi connectivity index (χ1v) is 15.3. The Bertz CT molecular complexity index is 1880. The van der Waals surface area contributed by atoms with Gasteiger partial charge in [0.15, 0.2) is 11.4 Å². The van der Waals surface area contributed by atoms with Gasteiger partial charge < -0.3 is 24.9 Å². The molecule has 0 spiro atoms. The number of fused-ring (bicyclic) bond motifs is 2. The molecule has 230 valence electrons. The van der Waals surface area contributed by atoms with Gasteiger partial charge in [-0.15, -0.1) is 0 Å². The van der Waals surface area contributed by atoms with Crippen LogP contribution in [0.4, 0.5) is 15.8 Å². The summed E-state index contributed by atoms with van der Waals surface area (Å²) in [6.07, 6.45) is 5.04. The topological polar surface area (TPSA) is 186 Å². The van der Waals surface area contributed by atoms with Crippen molar-refractivity contribution >= 4 is 38.3 Å². The summed E-state index contributed by atoms with van der Waals surface area (Å²) in [7, 11) is -4.62. The number of H-pyrrole nitrogens is 1. The van der Waals surface area contributed by atoms with E-state index in [9.17, 15) is 32.8 Å². The third-order valence-electron chi connectivity index (χ3n) is 8.03. The molecular weight excluding hydrogens is 597 g/mol. The highest BCUT2D eigenvalue weighted by atomic mass is 32.2. The number of hydrogen-bond acceptors (Lipinski definition) is 10. The Labute approximate surface area is 250 Å². The highest BCUT2D eigenvalue weighted by molar-refractivity contribution is 7.90. The first-order valence-electron chi connectivity index (χ1n) is 13.8. The molecule has 13 nitrogen and oxygen atoms in total. The number of halogens is 1. The van der Waals surface area contributed by atoms with E-state index >= 15 is 0 Å². The van der Waals surface area contributed by atoms with Crippen LogP contribution in [0.25, 0.3) is 11.0 Å². The number of carbonyl (C=O) groups is 1. The van der Waals surface area contributed by atoms with Gasteiger partial charge in [-0.3, -0.25) is 14.9 Å². The number of amides is 1. The lowest BCUT2D eigenvalue weighted by atomic mass is 9.76. The minimum absolute atomic E-state index is 0.0310. The maximum absolute atomic E-state index is 14.0. The fraction of sp³-hybridized carbons (Fsp3) is 0.310. The van der Waals surface area contributed by atoms with E-state index < -0.39 is 42.9 Å². The van der Waals surface area contributed by atoms with Gasteiger partial charge in [-0.2, -0.15) is 0 Å². The summed E-state index contributed by atoms with van der Waals surface area (Å²) >= 11 is 0. The maximum Gasteiger partial charge on any atom is 0.297 e. The smallest absolute Gasteiger partial charge is 0.297 e. The van der Waals surface area contributed by atoms with Crippen molar-refractivity contribution in [1.29, 1.82) is 0 Å². The number of anilines is 1. The second-order valence-electron chi connectivity index (χ2n) is 11.2. The highest BCUT2D eigenvalue weighted by Gasteiger charge is 2.37. The zero-order valence-corrected chi connectivity index (χ0v) is 24.2. The number of carbonyl (C=O) groups excluding carboxylic acids is 1. The quantitative estimate of drug-likeness (QED) is 0.167. The Kier molecular flexibility index (Phi) is 7.37. The van der Waals surface area contributed by atoms with Crippen molar-refractivity contribution in [3.05, 3.63) is 76.4 Å². The number of aromatic nitrogens is 2. The predicted molar refractivity (Wildman–Crippen MR) is 156 cm³/mol. The van der Waals surface area contributed by atoms with Crippen LogP contribution in [0.5, 0.6) is 17.2 Å². The normalized spacial score (nSPS) is 21.5. The van der Waals surface area contributed by atoms with E-state index in [2.05, 4.69) is 15.3 Å². The Hall–Kier alpha value is -4.76. The maximum atomic E-state index is 14.0. The lowest BCUT2D eigenvalue weighted by molar-refractivity contribution is -0.384. The fourth-order valence-electron chi connectivity index (χ4n) is 5.57. The number of sulfonamides is 1. The number of rotatable bonds is 7. The van der Waals surface area contributed by atoms with E-state index in [-0.39, 0.29) is 52.5 Å². The van der Waals surface area contributed by atoms with E-state index in [0.29, 0.717) is 31.3 Å². The van der Waals surface area contributed by atoms with Gasteiger partial charge in [0, 0.05) is 18.3 Å². The molecule has 1 fully saturated rings. The Balaban J connectivity index is 1.23. The van der Waals surface area contributed by atoms with Crippen molar-refractivity contribution in [2.24, 2.45) is 5.92 Å². The Morgan fingerprint density at radius 2 is 2.00 bits per heavy atom. The molecule has 4 aromatic rings. The number of aromatic amines is 1. The minimum Gasteiger partial charge on any atom is -0.489 e. The second kappa shape index (κ2) is 11.1. The molecule has 3 heterocycles. The summed E-state index contributed by atoms with van der Waals surface area (Å²) in [5.74, 6) is -1.47. The summed E-state index contributed by atoms with van der Waals surface area (Å²) in [6, 6.07) is 8.92. The molecule has 0 saturated heterocycles. The summed E-state index contributed by atoms with van der Waals surface area (Å²) in [6.45, 7) is 1.93. The lowest BCUT2D eigenvalue weighted by Gasteiger charge is -2.39. The van der Waals surface area contributed by atoms with Gasteiger partial charge in [-0.1, -0.05) is 12.1 Å². The Morgan fingerprint density at radius 1 is 1.25 bits per heavy atom. The van der Waals surface area contributed by atoms with Crippen LogP contribution in [-0.4, -0.2) is 52.6 Å². The van der Waals surface area contributed by atoms with Gasteiger partial charge >= 0.3 is 0 Å². The van der Waals surface area contributed by atoms with E-state index in [0.717, 1.165) is 18.3 Å². The number of nitro groups is 1. The predicted octanol–water partition coefficient (Wildman–Crippen LogP) is 4.64. The number of nitrogens with one attached hydrogen (secondary N) is 3. The van der Waals surface area contributed by atoms with Gasteiger partial charge in [0.25, 0.3) is 21.6 Å². The molecule has 1 atom stereocenters. The summed E-state index contributed by atoms with van der Waals surface area (Å²) in [4.78, 5) is 30.7. The summed E-state index contributed by atoms with van der Waals surface area (Å²) < 4.78 is 54.2. The first-order chi connectivity index (χ1) is 20.9. The standard InChI is InChI=1S/C29H28FN5O8S/c1-29(37)8-6-16(7-9-29)22-15-42-25-12-18(11-23(35(38)39)26(25)33-22)44(40,41)34-28(36)19-4-2-3-5-24(19)43-17-10-20-21(30)14-32-27(20)31-13-17/h2-5,10-14,16,22,33,37H,6-9,15H2,1H3,(H,31,32)(H,34,36)/t16?,22-,29?/m1/s1. The molecule has 0 radical (unpaired) electrons. The number of aliphatic hydroxyl groups is 1. The van der Waals surface area contributed by atoms with Crippen molar-refractivity contribution < 1.29 is 37.1 Å². The van der Waals surface area contributed by atoms with E-state index in [1.807, 2.05) is 4.72 Å². The molecule has 0 bridgehead atoms. The van der Waals surface area contributed by atoms with Crippen LogP contribution in [-0.2, 0) is 10.0 Å². The highest BCUT2D eigenvalue weighted by Crippen LogP contribution is 2.43. The van der Waals surface area contributed by atoms with Gasteiger partial charge in [0.05, 0.1) is 38.6 Å². The zero-order valence-electron chi connectivity index (χ0n) is 23.4. The third-order valence-corrected chi connectivity index (χ3v) is 9.34. The van der Waals surface area contributed by atoms with Crippen LogP contribution in [0, 0.1) is 21.8 Å². The molecule has 2 aromatic carbocycles. The van der Waals surface area contributed by atoms with Crippen molar-refractivity contribution in [1.82, 2.24) is 14.7 Å². The molecule has 1 amide bonds. The summed E-state index contributed by atoms with van der Waals surface area (Å²) in [5.41, 5.74) is -1.08. The molecule has 1 aliphatic heterocycles. The molecule has 44 heavy (non-hydrogen) atoms. The van der Waals surface area contributed by atoms with Crippen molar-refractivity contribution in [3.63, 3.8) is 0 Å². The number of benzene rings is 2. The average molecular weight is 626 g/mol. The van der Waals surface area contributed by atoms with Crippen LogP contribution in [0.1, 0.15) is 43.0 Å².